The normalized spacial score (nSPS) is 10.9. The Bertz CT molecular complexity index is 1080. The Morgan fingerprint density at radius 3 is 2.04 bits per heavy atom. The average molecular weight is 346 g/mol. The molecule has 0 atom stereocenters. The Hall–Kier alpha value is -3.11. The molecule has 4 rings (SSSR count). The molecule has 0 radical (unpaired) electrons. The summed E-state index contributed by atoms with van der Waals surface area (Å²) in [6.45, 7) is 0. The van der Waals surface area contributed by atoms with Gasteiger partial charge in [0.1, 0.15) is 5.75 Å². The van der Waals surface area contributed by atoms with Crippen LogP contribution in [0.25, 0.3) is 31.7 Å². The molecule has 0 saturated carbocycles. The van der Waals surface area contributed by atoms with E-state index in [2.05, 4.69) is 18.2 Å². The highest BCUT2D eigenvalue weighted by atomic mass is 32.1. The molecule has 3 aromatic carbocycles. The maximum Gasteiger partial charge on any atom is 0.335 e. The van der Waals surface area contributed by atoms with Crippen molar-refractivity contribution >= 4 is 28.1 Å². The molecule has 0 spiro atoms. The highest BCUT2D eigenvalue weighted by molar-refractivity contribution is 7.18. The summed E-state index contributed by atoms with van der Waals surface area (Å²) in [7, 11) is 0. The zero-order valence-electron chi connectivity index (χ0n) is 13.1. The Morgan fingerprint density at radius 2 is 1.32 bits per heavy atom. The molecule has 0 amide bonds. The number of phenolic OH excluding ortho intramolecular Hbond substituents is 1. The summed E-state index contributed by atoms with van der Waals surface area (Å²) in [5.41, 5.74) is 2.47. The molecule has 3 nitrogen and oxygen atoms in total. The molecule has 4 heteroatoms. The van der Waals surface area contributed by atoms with E-state index in [0.29, 0.717) is 5.56 Å². The molecule has 0 fully saturated rings. The summed E-state index contributed by atoms with van der Waals surface area (Å²) in [5, 5.41) is 20.4. The van der Waals surface area contributed by atoms with E-state index in [0.717, 1.165) is 31.7 Å². The number of aromatic hydroxyl groups is 1. The Morgan fingerprint density at radius 1 is 0.720 bits per heavy atom. The van der Waals surface area contributed by atoms with Crippen molar-refractivity contribution in [1.82, 2.24) is 0 Å². The fraction of sp³-hybridized carbons (Fsp3) is 0. The van der Waals surface area contributed by atoms with Crippen LogP contribution < -0.4 is 0 Å². The van der Waals surface area contributed by atoms with Gasteiger partial charge in [0.15, 0.2) is 0 Å². The molecule has 0 aliphatic heterocycles. The highest BCUT2D eigenvalue weighted by Crippen LogP contribution is 2.36. The van der Waals surface area contributed by atoms with Gasteiger partial charge >= 0.3 is 5.97 Å². The molecule has 25 heavy (non-hydrogen) atoms. The molecular weight excluding hydrogens is 332 g/mol. The molecule has 4 aromatic rings. The number of phenols is 1. The zero-order chi connectivity index (χ0) is 17.4. The van der Waals surface area contributed by atoms with Crippen molar-refractivity contribution in [1.29, 1.82) is 0 Å². The van der Waals surface area contributed by atoms with Crippen molar-refractivity contribution in [3.05, 3.63) is 78.4 Å². The second-order valence-electron chi connectivity index (χ2n) is 5.79. The van der Waals surface area contributed by atoms with Crippen LogP contribution in [-0.4, -0.2) is 16.2 Å². The van der Waals surface area contributed by atoms with E-state index in [1.165, 1.54) is 0 Å². The third-order valence-corrected chi connectivity index (χ3v) is 5.31. The number of fused-ring (bicyclic) bond motifs is 1. The second kappa shape index (κ2) is 6.07. The minimum atomic E-state index is -0.914. The number of carboxylic acids is 1. The van der Waals surface area contributed by atoms with Gasteiger partial charge in [-0.05, 0) is 76.5 Å². The van der Waals surface area contributed by atoms with Gasteiger partial charge in [-0.3, -0.25) is 0 Å². The van der Waals surface area contributed by atoms with E-state index in [9.17, 15) is 9.90 Å². The van der Waals surface area contributed by atoms with Crippen molar-refractivity contribution in [2.24, 2.45) is 0 Å². The number of carbonyl (C=O) groups is 1. The third kappa shape index (κ3) is 2.99. The van der Waals surface area contributed by atoms with E-state index in [-0.39, 0.29) is 5.75 Å². The Balaban J connectivity index is 1.71. The van der Waals surface area contributed by atoms with Crippen LogP contribution in [0.2, 0.25) is 0 Å². The van der Waals surface area contributed by atoms with Crippen LogP contribution in [0, 0.1) is 0 Å². The van der Waals surface area contributed by atoms with Gasteiger partial charge in [-0.15, -0.1) is 11.3 Å². The van der Waals surface area contributed by atoms with Crippen LogP contribution in [0.5, 0.6) is 5.75 Å². The lowest BCUT2D eigenvalue weighted by atomic mass is 10.0. The number of thiophene rings is 1. The lowest BCUT2D eigenvalue weighted by molar-refractivity contribution is 0.0697. The first-order valence-electron chi connectivity index (χ1n) is 7.77. The highest BCUT2D eigenvalue weighted by Gasteiger charge is 2.08. The van der Waals surface area contributed by atoms with Gasteiger partial charge in [0, 0.05) is 9.75 Å². The van der Waals surface area contributed by atoms with Crippen LogP contribution >= 0.6 is 11.3 Å². The average Bonchev–Trinajstić information content (AvgIpc) is 3.11. The van der Waals surface area contributed by atoms with Crippen LogP contribution in [0.1, 0.15) is 10.4 Å². The van der Waals surface area contributed by atoms with Crippen molar-refractivity contribution in [2.75, 3.05) is 0 Å². The zero-order valence-corrected chi connectivity index (χ0v) is 14.0. The molecule has 1 aromatic heterocycles. The predicted octanol–water partition coefficient (Wildman–Crippen LogP) is 5.64. The van der Waals surface area contributed by atoms with Gasteiger partial charge in [-0.25, -0.2) is 4.79 Å². The third-order valence-electron chi connectivity index (χ3n) is 4.13. The molecular formula is C21H14O3S. The largest absolute Gasteiger partial charge is 0.508 e. The van der Waals surface area contributed by atoms with Gasteiger partial charge in [0.05, 0.1) is 5.56 Å². The van der Waals surface area contributed by atoms with Gasteiger partial charge < -0.3 is 10.2 Å². The van der Waals surface area contributed by atoms with Crippen LogP contribution in [0.3, 0.4) is 0 Å². The lowest BCUT2D eigenvalue weighted by Crippen LogP contribution is -1.95. The second-order valence-corrected chi connectivity index (χ2v) is 6.88. The van der Waals surface area contributed by atoms with Crippen molar-refractivity contribution in [3.8, 4) is 26.6 Å². The summed E-state index contributed by atoms with van der Waals surface area (Å²) in [4.78, 5) is 13.4. The van der Waals surface area contributed by atoms with E-state index in [1.54, 1.807) is 35.6 Å². The maximum atomic E-state index is 11.1. The number of aromatic carboxylic acids is 1. The van der Waals surface area contributed by atoms with E-state index < -0.39 is 5.97 Å². The first-order valence-corrected chi connectivity index (χ1v) is 8.58. The molecule has 0 aliphatic rings. The van der Waals surface area contributed by atoms with Gasteiger partial charge in [-0.2, -0.15) is 0 Å². The van der Waals surface area contributed by atoms with Gasteiger partial charge in [0.25, 0.3) is 0 Å². The monoisotopic (exact) mass is 346 g/mol. The molecule has 0 unspecified atom stereocenters. The number of rotatable bonds is 3. The van der Waals surface area contributed by atoms with Gasteiger partial charge in [-0.1, -0.05) is 18.2 Å². The molecule has 1 heterocycles. The molecule has 0 saturated heterocycles. The van der Waals surface area contributed by atoms with Crippen LogP contribution in [0.4, 0.5) is 0 Å². The van der Waals surface area contributed by atoms with Crippen LogP contribution in [-0.2, 0) is 0 Å². The Kier molecular flexibility index (Phi) is 3.75. The topological polar surface area (TPSA) is 57.5 Å². The summed E-state index contributed by atoms with van der Waals surface area (Å²) < 4.78 is 0. The van der Waals surface area contributed by atoms with E-state index in [4.69, 9.17) is 5.11 Å². The first kappa shape index (κ1) is 15.4. The number of carboxylic acid groups (broad SMARTS) is 1. The molecule has 2 N–H and O–H groups in total. The van der Waals surface area contributed by atoms with Crippen molar-refractivity contribution < 1.29 is 15.0 Å². The molecule has 122 valence electrons. The summed E-state index contributed by atoms with van der Waals surface area (Å²) in [5.74, 6) is -0.654. The molecule has 0 aliphatic carbocycles. The quantitative estimate of drug-likeness (QED) is 0.505. The van der Waals surface area contributed by atoms with Crippen LogP contribution in [0.15, 0.2) is 72.8 Å². The summed E-state index contributed by atoms with van der Waals surface area (Å²) >= 11 is 1.69. The SMILES string of the molecule is O=C(O)c1ccc2cc(-c3ccc(-c4ccc(O)cc4)s3)ccc2c1. The molecule has 0 bridgehead atoms. The summed E-state index contributed by atoms with van der Waals surface area (Å²) in [6.07, 6.45) is 0. The minimum Gasteiger partial charge on any atom is -0.508 e. The fourth-order valence-corrected chi connectivity index (χ4v) is 3.81. The van der Waals surface area contributed by atoms with E-state index >= 15 is 0 Å². The fourth-order valence-electron chi connectivity index (χ4n) is 2.81. The number of hydrogen-bond acceptors (Lipinski definition) is 3. The predicted molar refractivity (Wildman–Crippen MR) is 101 cm³/mol. The Labute approximate surface area is 148 Å². The first-order chi connectivity index (χ1) is 12.1. The van der Waals surface area contributed by atoms with Crippen molar-refractivity contribution in [3.63, 3.8) is 0 Å². The van der Waals surface area contributed by atoms with Crippen molar-refractivity contribution in [2.45, 2.75) is 0 Å². The van der Waals surface area contributed by atoms with E-state index in [1.807, 2.05) is 30.3 Å². The lowest BCUT2D eigenvalue weighted by Gasteiger charge is -2.03. The number of hydrogen-bond donors (Lipinski definition) is 2. The minimum absolute atomic E-state index is 0.260. The van der Waals surface area contributed by atoms with Gasteiger partial charge in [0.2, 0.25) is 0 Å². The maximum absolute atomic E-state index is 11.1. The smallest absolute Gasteiger partial charge is 0.335 e. The number of benzene rings is 3. The summed E-state index contributed by atoms with van der Waals surface area (Å²) in [6, 6.07) is 22.5. The standard InChI is InChI=1S/C21H14O3S/c22-18-7-5-13(6-8-18)19-9-10-20(25-19)16-3-1-15-12-17(21(23)24)4-2-14(15)11-16/h1-12,22H,(H,23,24).